The molecule has 0 atom stereocenters. The number of H-pyrrole nitrogens is 1. The summed E-state index contributed by atoms with van der Waals surface area (Å²) in [6.45, 7) is 0.876. The Morgan fingerprint density at radius 1 is 1.22 bits per heavy atom. The Hall–Kier alpha value is -2.86. The lowest BCUT2D eigenvalue weighted by molar-refractivity contribution is 0.0744. The minimum absolute atomic E-state index is 0.112. The van der Waals surface area contributed by atoms with Crippen molar-refractivity contribution in [2.24, 2.45) is 0 Å². The number of anilines is 1. The number of carbonyl (C=O) groups excluding carboxylic acids is 1. The van der Waals surface area contributed by atoms with E-state index in [1.807, 2.05) is 6.07 Å². The van der Waals surface area contributed by atoms with Crippen molar-refractivity contribution in [1.29, 1.82) is 5.26 Å². The number of nitrogens with one attached hydrogen (secondary N) is 1. The third-order valence-electron chi connectivity index (χ3n) is 4.38. The van der Waals surface area contributed by atoms with Crippen molar-refractivity contribution in [2.45, 2.75) is 5.03 Å². The molecule has 0 bridgehead atoms. The summed E-state index contributed by atoms with van der Waals surface area (Å²) in [7, 11) is 0. The summed E-state index contributed by atoms with van der Waals surface area (Å²) in [6.07, 6.45) is 1.72. The summed E-state index contributed by atoms with van der Waals surface area (Å²) in [5.41, 5.74) is -0.572. The van der Waals surface area contributed by atoms with Crippen molar-refractivity contribution in [3.63, 3.8) is 0 Å². The van der Waals surface area contributed by atoms with Crippen molar-refractivity contribution in [3.8, 4) is 6.07 Å². The molecule has 6 nitrogen and oxygen atoms in total. The van der Waals surface area contributed by atoms with Crippen LogP contribution < -0.4 is 10.5 Å². The molecule has 1 aliphatic rings. The van der Waals surface area contributed by atoms with Crippen LogP contribution in [0.1, 0.15) is 15.9 Å². The number of halogens is 2. The number of piperazine rings is 1. The number of hydrogen-bond donors (Lipinski definition) is 1. The molecule has 2 aromatic rings. The van der Waals surface area contributed by atoms with Gasteiger partial charge in [0.15, 0.2) is 0 Å². The summed E-state index contributed by atoms with van der Waals surface area (Å²) in [5.74, 6) is -1.82. The minimum atomic E-state index is -0.655. The van der Waals surface area contributed by atoms with E-state index in [4.69, 9.17) is 0 Å². The average Bonchev–Trinajstić information content (AvgIpc) is 2.67. The van der Waals surface area contributed by atoms with Crippen LogP contribution in [0.15, 0.2) is 34.1 Å². The summed E-state index contributed by atoms with van der Waals surface area (Å²) < 4.78 is 27.8. The number of carbonyl (C=O) groups is 1. The summed E-state index contributed by atoms with van der Waals surface area (Å²) in [4.78, 5) is 30.4. The Balaban J connectivity index is 1.78. The largest absolute Gasteiger partial charge is 0.363 e. The van der Waals surface area contributed by atoms with Gasteiger partial charge in [0.25, 0.3) is 11.5 Å². The van der Waals surface area contributed by atoms with Crippen molar-refractivity contribution >= 4 is 23.4 Å². The first-order valence-electron chi connectivity index (χ1n) is 8.16. The van der Waals surface area contributed by atoms with Crippen LogP contribution in [-0.4, -0.2) is 48.2 Å². The first-order chi connectivity index (χ1) is 13.0. The molecule has 1 N–H and O–H groups in total. The SMILES string of the molecule is CSc1[nH]c(=O)c(C(=O)N2CCN(c3c(F)cccc3F)CC2)cc1C#N. The van der Waals surface area contributed by atoms with E-state index in [0.717, 1.165) is 0 Å². The molecule has 0 spiro atoms. The van der Waals surface area contributed by atoms with Crippen LogP contribution in [-0.2, 0) is 0 Å². The fraction of sp³-hybridized carbons (Fsp3) is 0.278. The van der Waals surface area contributed by atoms with Crippen LogP contribution >= 0.6 is 11.8 Å². The van der Waals surface area contributed by atoms with Gasteiger partial charge in [0, 0.05) is 26.2 Å². The number of aromatic nitrogens is 1. The van der Waals surface area contributed by atoms with E-state index in [0.29, 0.717) is 5.03 Å². The normalized spacial score (nSPS) is 14.1. The number of aromatic amines is 1. The average molecular weight is 390 g/mol. The summed E-state index contributed by atoms with van der Waals surface area (Å²) in [5, 5.41) is 9.58. The van der Waals surface area contributed by atoms with Gasteiger partial charge in [-0.15, -0.1) is 11.8 Å². The second-order valence-electron chi connectivity index (χ2n) is 5.92. The highest BCUT2D eigenvalue weighted by Gasteiger charge is 2.27. The number of hydrogen-bond acceptors (Lipinski definition) is 5. The molecule has 2 heterocycles. The van der Waals surface area contributed by atoms with Crippen molar-refractivity contribution in [2.75, 3.05) is 37.3 Å². The highest BCUT2D eigenvalue weighted by Crippen LogP contribution is 2.24. The van der Waals surface area contributed by atoms with Gasteiger partial charge >= 0.3 is 0 Å². The highest BCUT2D eigenvalue weighted by atomic mass is 32.2. The maximum Gasteiger partial charge on any atom is 0.261 e. The molecular weight excluding hydrogens is 374 g/mol. The number of thioether (sulfide) groups is 1. The van der Waals surface area contributed by atoms with Gasteiger partial charge in [-0.1, -0.05) is 6.07 Å². The maximum absolute atomic E-state index is 13.9. The van der Waals surface area contributed by atoms with Crippen molar-refractivity contribution in [1.82, 2.24) is 9.88 Å². The number of para-hydroxylation sites is 1. The third-order valence-corrected chi connectivity index (χ3v) is 5.11. The molecule has 140 valence electrons. The molecule has 3 rings (SSSR count). The van der Waals surface area contributed by atoms with Gasteiger partial charge in [-0.25, -0.2) is 8.78 Å². The molecule has 1 amide bonds. The summed E-state index contributed by atoms with van der Waals surface area (Å²) >= 11 is 1.21. The Labute approximate surface area is 158 Å². The number of pyridine rings is 1. The van der Waals surface area contributed by atoms with Crippen LogP contribution in [0.5, 0.6) is 0 Å². The molecular formula is C18H16F2N4O2S. The predicted molar refractivity (Wildman–Crippen MR) is 98.0 cm³/mol. The number of rotatable bonds is 3. The van der Waals surface area contributed by atoms with Crippen molar-refractivity contribution < 1.29 is 13.6 Å². The van der Waals surface area contributed by atoms with Crippen LogP contribution in [0, 0.1) is 23.0 Å². The zero-order chi connectivity index (χ0) is 19.6. The molecule has 1 aromatic heterocycles. The lowest BCUT2D eigenvalue weighted by Gasteiger charge is -2.36. The predicted octanol–water partition coefficient (Wildman–Crippen LogP) is 2.21. The Morgan fingerprint density at radius 2 is 1.85 bits per heavy atom. The fourth-order valence-corrected chi connectivity index (χ4v) is 3.53. The maximum atomic E-state index is 13.9. The number of nitrogens with zero attached hydrogens (tertiary/aromatic N) is 3. The van der Waals surface area contributed by atoms with E-state index in [1.165, 1.54) is 45.8 Å². The third kappa shape index (κ3) is 3.66. The van der Waals surface area contributed by atoms with E-state index >= 15 is 0 Å². The lowest BCUT2D eigenvalue weighted by Crippen LogP contribution is -2.50. The Bertz CT molecular complexity index is 958. The second kappa shape index (κ2) is 7.80. The van der Waals surface area contributed by atoms with Gasteiger partial charge in [-0.2, -0.15) is 5.26 Å². The van der Waals surface area contributed by atoms with Crippen LogP contribution in [0.4, 0.5) is 14.5 Å². The quantitative estimate of drug-likeness (QED) is 0.813. The molecule has 1 aliphatic heterocycles. The first-order valence-corrected chi connectivity index (χ1v) is 9.38. The molecule has 0 aliphatic carbocycles. The van der Waals surface area contributed by atoms with Gasteiger partial charge < -0.3 is 14.8 Å². The molecule has 27 heavy (non-hydrogen) atoms. The van der Waals surface area contributed by atoms with Gasteiger partial charge in [0.05, 0.1) is 10.6 Å². The lowest BCUT2D eigenvalue weighted by atomic mass is 10.1. The first kappa shape index (κ1) is 18.9. The van der Waals surface area contributed by atoms with Gasteiger partial charge in [0.1, 0.15) is 29.0 Å². The molecule has 1 saturated heterocycles. The van der Waals surface area contributed by atoms with Crippen LogP contribution in [0.25, 0.3) is 0 Å². The molecule has 1 aromatic carbocycles. The standard InChI is InChI=1S/C18H16F2N4O2S/c1-27-17-11(10-21)9-12(16(25)22-17)18(26)24-7-5-23(6-8-24)15-13(19)3-2-4-14(15)20/h2-4,9H,5-8H2,1H3,(H,22,25). The smallest absolute Gasteiger partial charge is 0.261 e. The summed E-state index contributed by atoms with van der Waals surface area (Å²) in [6, 6.07) is 6.92. The topological polar surface area (TPSA) is 80.2 Å². The van der Waals surface area contributed by atoms with Gasteiger partial charge in [-0.3, -0.25) is 9.59 Å². The van der Waals surface area contributed by atoms with E-state index in [1.54, 1.807) is 6.26 Å². The van der Waals surface area contributed by atoms with E-state index in [2.05, 4.69) is 4.98 Å². The molecule has 1 fully saturated rings. The van der Waals surface area contributed by atoms with E-state index in [9.17, 15) is 23.6 Å². The molecule has 0 radical (unpaired) electrons. The zero-order valence-electron chi connectivity index (χ0n) is 14.5. The fourth-order valence-electron chi connectivity index (χ4n) is 3.01. The second-order valence-corrected chi connectivity index (χ2v) is 6.74. The van der Waals surface area contributed by atoms with E-state index in [-0.39, 0.29) is 43.0 Å². The van der Waals surface area contributed by atoms with Crippen molar-refractivity contribution in [3.05, 3.63) is 57.4 Å². The zero-order valence-corrected chi connectivity index (χ0v) is 15.3. The Morgan fingerprint density at radius 3 is 2.41 bits per heavy atom. The Kier molecular flexibility index (Phi) is 5.46. The van der Waals surface area contributed by atoms with Gasteiger partial charge in [0.2, 0.25) is 0 Å². The number of amides is 1. The number of benzene rings is 1. The molecule has 0 saturated carbocycles. The molecule has 9 heteroatoms. The van der Waals surface area contributed by atoms with Gasteiger partial charge in [-0.05, 0) is 24.5 Å². The minimum Gasteiger partial charge on any atom is -0.363 e. The van der Waals surface area contributed by atoms with Crippen LogP contribution in [0.3, 0.4) is 0 Å². The molecule has 0 unspecified atom stereocenters. The monoisotopic (exact) mass is 390 g/mol. The number of nitriles is 1. The van der Waals surface area contributed by atoms with E-state index < -0.39 is 23.1 Å². The van der Waals surface area contributed by atoms with Crippen LogP contribution in [0.2, 0.25) is 0 Å². The highest BCUT2D eigenvalue weighted by molar-refractivity contribution is 7.98.